The molecule has 0 N–H and O–H groups in total. The van der Waals surface area contributed by atoms with Gasteiger partial charge in [-0.1, -0.05) is 0 Å². The van der Waals surface area contributed by atoms with Crippen LogP contribution in [0.2, 0.25) is 0 Å². The van der Waals surface area contributed by atoms with Crippen molar-refractivity contribution in [3.8, 4) is 0 Å². The van der Waals surface area contributed by atoms with Crippen molar-refractivity contribution in [3.05, 3.63) is 0 Å². The second kappa shape index (κ2) is 6.70. The summed E-state index contributed by atoms with van der Waals surface area (Å²) >= 11 is 0. The molecule has 0 saturated carbocycles. The molecule has 0 bridgehead atoms. The molecular weight excluding hydrogens is 377 g/mol. The molecule has 0 aliphatic heterocycles. The Balaban J connectivity index is 6.00. The molecule has 0 amide bonds. The van der Waals surface area contributed by atoms with Crippen LogP contribution in [0.4, 0.5) is 48.3 Å². The van der Waals surface area contributed by atoms with Crippen LogP contribution in [0.5, 0.6) is 0 Å². The standard InChI is InChI=1S/C9H11F11O2Si/c1-3-21-23(22-4-2)9(19,20)7(14,15)5(10,11)6(12,13)8(16,17)18/h23H,3-4H2,1-2H3. The highest BCUT2D eigenvalue weighted by Crippen LogP contribution is 2.57. The summed E-state index contributed by atoms with van der Waals surface area (Å²) in [7, 11) is -5.06. The van der Waals surface area contributed by atoms with Crippen molar-refractivity contribution in [1.29, 1.82) is 0 Å². The van der Waals surface area contributed by atoms with E-state index in [9.17, 15) is 48.3 Å². The van der Waals surface area contributed by atoms with Gasteiger partial charge in [0.15, 0.2) is 0 Å². The van der Waals surface area contributed by atoms with Crippen molar-refractivity contribution < 1.29 is 57.1 Å². The fraction of sp³-hybridized carbons (Fsp3) is 1.00. The molecule has 23 heavy (non-hydrogen) atoms. The minimum absolute atomic E-state index is 0.732. The number of alkyl halides is 11. The van der Waals surface area contributed by atoms with Crippen LogP contribution in [-0.2, 0) is 8.85 Å². The van der Waals surface area contributed by atoms with Crippen molar-refractivity contribution in [2.75, 3.05) is 13.2 Å². The van der Waals surface area contributed by atoms with Crippen LogP contribution >= 0.6 is 0 Å². The minimum Gasteiger partial charge on any atom is -0.393 e. The zero-order valence-corrected chi connectivity index (χ0v) is 12.6. The first-order valence-electron chi connectivity index (χ1n) is 5.83. The van der Waals surface area contributed by atoms with Gasteiger partial charge in [0.2, 0.25) is 0 Å². The lowest BCUT2D eigenvalue weighted by atomic mass is 10.0. The lowest BCUT2D eigenvalue weighted by Crippen LogP contribution is -2.70. The Morgan fingerprint density at radius 2 is 0.957 bits per heavy atom. The second-order valence-electron chi connectivity index (χ2n) is 4.09. The largest absolute Gasteiger partial charge is 0.460 e. The summed E-state index contributed by atoms with van der Waals surface area (Å²) in [5, 5.41) is 0. The molecular formula is C9H11F11O2Si. The first-order chi connectivity index (χ1) is 10.0. The Labute approximate surface area is 124 Å². The van der Waals surface area contributed by atoms with Crippen LogP contribution in [0.25, 0.3) is 0 Å². The Morgan fingerprint density at radius 1 is 0.609 bits per heavy atom. The molecule has 140 valence electrons. The SMILES string of the molecule is CCO[SiH](OCC)C(F)(F)C(F)(F)C(F)(F)C(F)(F)C(F)(F)F. The smallest absolute Gasteiger partial charge is 0.393 e. The van der Waals surface area contributed by atoms with Crippen LogP contribution in [0.3, 0.4) is 0 Å². The van der Waals surface area contributed by atoms with Crippen molar-refractivity contribution in [1.82, 2.24) is 0 Å². The van der Waals surface area contributed by atoms with Gasteiger partial charge in [0.05, 0.1) is 0 Å². The molecule has 0 radical (unpaired) electrons. The Bertz CT molecular complexity index is 389. The van der Waals surface area contributed by atoms with E-state index >= 15 is 0 Å². The molecule has 0 aliphatic carbocycles. The molecule has 2 nitrogen and oxygen atoms in total. The summed E-state index contributed by atoms with van der Waals surface area (Å²) in [6.45, 7) is 0.499. The van der Waals surface area contributed by atoms with Crippen molar-refractivity contribution in [2.45, 2.75) is 43.3 Å². The van der Waals surface area contributed by atoms with Gasteiger partial charge in [-0.3, -0.25) is 0 Å². The quantitative estimate of drug-likeness (QED) is 0.464. The average molecular weight is 388 g/mol. The predicted octanol–water partition coefficient (Wildman–Crippen LogP) is 3.92. The maximum atomic E-state index is 13.5. The van der Waals surface area contributed by atoms with E-state index < -0.39 is 52.0 Å². The van der Waals surface area contributed by atoms with Gasteiger partial charge < -0.3 is 8.85 Å². The van der Waals surface area contributed by atoms with E-state index in [1.54, 1.807) is 0 Å². The normalized spacial score (nSPS) is 15.4. The highest BCUT2D eigenvalue weighted by atomic mass is 28.3. The lowest BCUT2D eigenvalue weighted by Gasteiger charge is -2.38. The molecule has 0 aromatic carbocycles. The number of halogens is 11. The van der Waals surface area contributed by atoms with Gasteiger partial charge >= 0.3 is 38.8 Å². The summed E-state index contributed by atoms with van der Waals surface area (Å²) < 4.78 is 149. The molecule has 0 aromatic heterocycles. The molecule has 0 saturated heterocycles. The number of hydrogen-bond donors (Lipinski definition) is 0. The zero-order chi connectivity index (χ0) is 18.9. The van der Waals surface area contributed by atoms with E-state index in [0.717, 1.165) is 13.8 Å². The molecule has 0 spiro atoms. The number of hydrogen-bond acceptors (Lipinski definition) is 2. The van der Waals surface area contributed by atoms with Gasteiger partial charge in [0.1, 0.15) is 0 Å². The highest BCUT2D eigenvalue weighted by molar-refractivity contribution is 6.48. The van der Waals surface area contributed by atoms with E-state index in [4.69, 9.17) is 0 Å². The first kappa shape index (κ1) is 22.4. The van der Waals surface area contributed by atoms with E-state index in [1.165, 1.54) is 0 Å². The van der Waals surface area contributed by atoms with Crippen molar-refractivity contribution >= 4 is 9.28 Å². The fourth-order valence-corrected chi connectivity index (χ4v) is 2.89. The number of rotatable bonds is 8. The van der Waals surface area contributed by atoms with Gasteiger partial charge in [-0.2, -0.15) is 48.3 Å². The molecule has 0 fully saturated rings. The Hall–Kier alpha value is -0.633. The van der Waals surface area contributed by atoms with Crippen LogP contribution in [0, 0.1) is 0 Å². The van der Waals surface area contributed by atoms with Crippen LogP contribution < -0.4 is 0 Å². The third kappa shape index (κ3) is 3.57. The summed E-state index contributed by atoms with van der Waals surface area (Å²) in [5.41, 5.74) is -6.04. The third-order valence-electron chi connectivity index (χ3n) is 2.50. The Kier molecular flexibility index (Phi) is 6.52. The molecule has 14 heteroatoms. The van der Waals surface area contributed by atoms with E-state index in [0.29, 0.717) is 0 Å². The van der Waals surface area contributed by atoms with E-state index in [2.05, 4.69) is 8.85 Å². The van der Waals surface area contributed by atoms with Crippen LogP contribution in [0.1, 0.15) is 13.8 Å². The molecule has 0 rings (SSSR count). The van der Waals surface area contributed by atoms with E-state index in [-0.39, 0.29) is 0 Å². The third-order valence-corrected chi connectivity index (χ3v) is 4.72. The average Bonchev–Trinajstić information content (AvgIpc) is 2.36. The maximum Gasteiger partial charge on any atom is 0.460 e. The topological polar surface area (TPSA) is 18.5 Å². The zero-order valence-electron chi connectivity index (χ0n) is 11.5. The summed E-state index contributed by atoms with van der Waals surface area (Å²) in [6.07, 6.45) is -7.18. The summed E-state index contributed by atoms with van der Waals surface area (Å²) in [4.78, 5) is 0. The molecule has 0 aliphatic rings. The van der Waals surface area contributed by atoms with Gasteiger partial charge in [-0.15, -0.1) is 0 Å². The first-order valence-corrected chi connectivity index (χ1v) is 7.35. The van der Waals surface area contributed by atoms with E-state index in [1.807, 2.05) is 0 Å². The summed E-state index contributed by atoms with van der Waals surface area (Å²) in [5.74, 6) is -21.9. The maximum absolute atomic E-state index is 13.5. The highest BCUT2D eigenvalue weighted by Gasteiger charge is 2.88. The van der Waals surface area contributed by atoms with Gasteiger partial charge in [-0.25, -0.2) is 0 Å². The van der Waals surface area contributed by atoms with Crippen LogP contribution in [-0.4, -0.2) is 52.0 Å². The molecule has 0 unspecified atom stereocenters. The van der Waals surface area contributed by atoms with Gasteiger partial charge in [0.25, 0.3) is 0 Å². The van der Waals surface area contributed by atoms with Crippen molar-refractivity contribution in [2.24, 2.45) is 0 Å². The van der Waals surface area contributed by atoms with Crippen LogP contribution in [0.15, 0.2) is 0 Å². The minimum atomic E-state index is -7.43. The van der Waals surface area contributed by atoms with Crippen molar-refractivity contribution in [3.63, 3.8) is 0 Å². The predicted molar refractivity (Wildman–Crippen MR) is 56.2 cm³/mol. The molecule has 0 aromatic rings. The fourth-order valence-electron chi connectivity index (χ4n) is 1.29. The molecule has 0 atom stereocenters. The second-order valence-corrected chi connectivity index (χ2v) is 6.14. The van der Waals surface area contributed by atoms with Gasteiger partial charge in [0, 0.05) is 13.2 Å². The molecule has 0 heterocycles. The Morgan fingerprint density at radius 3 is 1.22 bits per heavy atom. The summed E-state index contributed by atoms with van der Waals surface area (Å²) in [6, 6.07) is 0. The lowest BCUT2D eigenvalue weighted by molar-refractivity contribution is -0.415. The monoisotopic (exact) mass is 388 g/mol. The van der Waals surface area contributed by atoms with Gasteiger partial charge in [-0.05, 0) is 13.8 Å².